The van der Waals surface area contributed by atoms with Crippen LogP contribution in [0.4, 0.5) is 0 Å². The summed E-state index contributed by atoms with van der Waals surface area (Å²) in [6.45, 7) is 2.34. The number of ether oxygens (including phenoxy) is 1. The topological polar surface area (TPSA) is 61.7 Å². The van der Waals surface area contributed by atoms with E-state index in [-0.39, 0.29) is 0 Å². The predicted octanol–water partition coefficient (Wildman–Crippen LogP) is 1.02. The predicted molar refractivity (Wildman–Crippen MR) is 64.8 cm³/mol. The highest BCUT2D eigenvalue weighted by atomic mass is 16.5. The maximum absolute atomic E-state index is 10.2. The van der Waals surface area contributed by atoms with E-state index in [4.69, 9.17) is 4.74 Å². The van der Waals surface area contributed by atoms with Gasteiger partial charge in [-0.15, -0.1) is 0 Å². The van der Waals surface area contributed by atoms with Crippen molar-refractivity contribution in [1.82, 2.24) is 5.32 Å². The van der Waals surface area contributed by atoms with Gasteiger partial charge in [-0.25, -0.2) is 0 Å². The molecule has 3 N–H and O–H groups in total. The first kappa shape index (κ1) is 12.4. The summed E-state index contributed by atoms with van der Waals surface area (Å²) in [5.74, 6) is 0.291. The minimum absolute atomic E-state index is 0.291. The number of aliphatic hydroxyl groups is 1. The van der Waals surface area contributed by atoms with Crippen LogP contribution in [-0.2, 0) is 11.3 Å². The van der Waals surface area contributed by atoms with Crippen molar-refractivity contribution in [2.75, 3.05) is 19.8 Å². The molecule has 0 bridgehead atoms. The Kier molecular flexibility index (Phi) is 3.99. The molecule has 0 unspecified atom stereocenters. The lowest BCUT2D eigenvalue weighted by Gasteiger charge is -2.32. The third-order valence-corrected chi connectivity index (χ3v) is 3.18. The molecule has 0 aromatic heterocycles. The molecule has 17 heavy (non-hydrogen) atoms. The maximum Gasteiger partial charge on any atom is 0.120 e. The first-order valence-corrected chi connectivity index (χ1v) is 5.97. The number of hydrogen-bond acceptors (Lipinski definition) is 4. The SMILES string of the molecule is Oc1ccccc1CNCC1(O)CCOCC1. The normalized spacial score (nSPS) is 19.1. The molecule has 1 heterocycles. The van der Waals surface area contributed by atoms with Crippen LogP contribution in [0.3, 0.4) is 0 Å². The Morgan fingerprint density at radius 2 is 1.94 bits per heavy atom. The van der Waals surface area contributed by atoms with Crippen LogP contribution in [0.1, 0.15) is 18.4 Å². The van der Waals surface area contributed by atoms with Gasteiger partial charge in [-0.1, -0.05) is 18.2 Å². The second-order valence-corrected chi connectivity index (χ2v) is 4.57. The molecule has 0 spiro atoms. The molecule has 2 rings (SSSR count). The van der Waals surface area contributed by atoms with Gasteiger partial charge in [0.15, 0.2) is 0 Å². The molecule has 0 radical (unpaired) electrons. The molecule has 94 valence electrons. The van der Waals surface area contributed by atoms with Crippen molar-refractivity contribution < 1.29 is 14.9 Å². The highest BCUT2D eigenvalue weighted by molar-refractivity contribution is 5.31. The van der Waals surface area contributed by atoms with E-state index < -0.39 is 5.60 Å². The molecule has 4 heteroatoms. The Morgan fingerprint density at radius 1 is 1.24 bits per heavy atom. The van der Waals surface area contributed by atoms with Crippen LogP contribution in [0.5, 0.6) is 5.75 Å². The monoisotopic (exact) mass is 237 g/mol. The van der Waals surface area contributed by atoms with E-state index in [1.807, 2.05) is 12.1 Å². The summed E-state index contributed by atoms with van der Waals surface area (Å²) in [5.41, 5.74) is 0.186. The van der Waals surface area contributed by atoms with Gasteiger partial charge in [-0.3, -0.25) is 0 Å². The zero-order chi connectivity index (χ0) is 12.1. The van der Waals surface area contributed by atoms with Crippen LogP contribution < -0.4 is 5.32 Å². The number of rotatable bonds is 4. The third kappa shape index (κ3) is 3.43. The van der Waals surface area contributed by atoms with Crippen molar-refractivity contribution in [3.8, 4) is 5.75 Å². The van der Waals surface area contributed by atoms with Crippen LogP contribution in [0.15, 0.2) is 24.3 Å². The van der Waals surface area contributed by atoms with E-state index in [0.29, 0.717) is 44.9 Å². The van der Waals surface area contributed by atoms with Gasteiger partial charge < -0.3 is 20.3 Å². The largest absolute Gasteiger partial charge is 0.508 e. The van der Waals surface area contributed by atoms with Crippen LogP contribution in [0.25, 0.3) is 0 Å². The van der Waals surface area contributed by atoms with Crippen LogP contribution in [0.2, 0.25) is 0 Å². The molecule has 4 nitrogen and oxygen atoms in total. The van der Waals surface area contributed by atoms with Crippen molar-refractivity contribution in [1.29, 1.82) is 0 Å². The highest BCUT2D eigenvalue weighted by Crippen LogP contribution is 2.20. The van der Waals surface area contributed by atoms with E-state index in [1.54, 1.807) is 12.1 Å². The maximum atomic E-state index is 10.2. The molecule has 1 aromatic rings. The number of phenols is 1. The minimum atomic E-state index is -0.664. The standard InChI is InChI=1S/C13H19NO3/c15-12-4-2-1-3-11(12)9-14-10-13(16)5-7-17-8-6-13/h1-4,14-16H,5-10H2. The summed E-state index contributed by atoms with van der Waals surface area (Å²) in [6, 6.07) is 7.22. The van der Waals surface area contributed by atoms with E-state index in [2.05, 4.69) is 5.32 Å². The Labute approximate surface area is 101 Å². The number of benzene rings is 1. The Balaban J connectivity index is 1.81. The molecule has 0 amide bonds. The second-order valence-electron chi connectivity index (χ2n) is 4.57. The summed E-state index contributed by atoms with van der Waals surface area (Å²) >= 11 is 0. The summed E-state index contributed by atoms with van der Waals surface area (Å²) in [6.07, 6.45) is 1.33. The number of para-hydroxylation sites is 1. The van der Waals surface area contributed by atoms with E-state index in [1.165, 1.54) is 0 Å². The average molecular weight is 237 g/mol. The van der Waals surface area contributed by atoms with Gasteiger partial charge in [0.25, 0.3) is 0 Å². The van der Waals surface area contributed by atoms with E-state index in [9.17, 15) is 10.2 Å². The summed E-state index contributed by atoms with van der Waals surface area (Å²) in [5, 5.41) is 23.0. The van der Waals surface area contributed by atoms with Gasteiger partial charge in [0.1, 0.15) is 5.75 Å². The number of phenolic OH excluding ortho intramolecular Hbond substituents is 1. The van der Waals surface area contributed by atoms with Crippen molar-refractivity contribution in [3.05, 3.63) is 29.8 Å². The molecule has 0 aliphatic carbocycles. The fourth-order valence-electron chi connectivity index (χ4n) is 2.02. The van der Waals surface area contributed by atoms with Crippen molar-refractivity contribution in [2.24, 2.45) is 0 Å². The van der Waals surface area contributed by atoms with Gasteiger partial charge in [-0.2, -0.15) is 0 Å². The van der Waals surface area contributed by atoms with Crippen molar-refractivity contribution in [2.45, 2.75) is 25.0 Å². The average Bonchev–Trinajstić information content (AvgIpc) is 2.32. The Hall–Kier alpha value is -1.10. The van der Waals surface area contributed by atoms with Crippen LogP contribution in [-0.4, -0.2) is 35.6 Å². The highest BCUT2D eigenvalue weighted by Gasteiger charge is 2.29. The van der Waals surface area contributed by atoms with Gasteiger partial charge >= 0.3 is 0 Å². The van der Waals surface area contributed by atoms with E-state index in [0.717, 1.165) is 5.56 Å². The van der Waals surface area contributed by atoms with Crippen LogP contribution in [0, 0.1) is 0 Å². The van der Waals surface area contributed by atoms with Crippen molar-refractivity contribution >= 4 is 0 Å². The lowest BCUT2D eigenvalue weighted by Crippen LogP contribution is -2.44. The number of nitrogens with one attached hydrogen (secondary N) is 1. The van der Waals surface area contributed by atoms with Gasteiger partial charge in [0, 0.05) is 44.7 Å². The zero-order valence-electron chi connectivity index (χ0n) is 9.85. The third-order valence-electron chi connectivity index (χ3n) is 3.18. The molecule has 1 aromatic carbocycles. The number of hydrogen-bond donors (Lipinski definition) is 3. The Morgan fingerprint density at radius 3 is 2.65 bits per heavy atom. The van der Waals surface area contributed by atoms with Gasteiger partial charge in [-0.05, 0) is 6.07 Å². The van der Waals surface area contributed by atoms with Crippen molar-refractivity contribution in [3.63, 3.8) is 0 Å². The molecule has 0 saturated carbocycles. The summed E-state index contributed by atoms with van der Waals surface area (Å²) in [7, 11) is 0. The molecule has 1 aliphatic heterocycles. The molecule has 0 atom stereocenters. The second kappa shape index (κ2) is 5.49. The molecular weight excluding hydrogens is 218 g/mol. The molecular formula is C13H19NO3. The van der Waals surface area contributed by atoms with Gasteiger partial charge in [0.05, 0.1) is 5.60 Å². The number of aromatic hydroxyl groups is 1. The molecule has 1 aliphatic rings. The lowest BCUT2D eigenvalue weighted by atomic mass is 9.94. The zero-order valence-corrected chi connectivity index (χ0v) is 9.85. The smallest absolute Gasteiger partial charge is 0.120 e. The summed E-state index contributed by atoms with van der Waals surface area (Å²) < 4.78 is 5.22. The quantitative estimate of drug-likeness (QED) is 0.732. The molecule has 1 fully saturated rings. The fraction of sp³-hybridized carbons (Fsp3) is 0.538. The first-order valence-electron chi connectivity index (χ1n) is 5.97. The fourth-order valence-corrected chi connectivity index (χ4v) is 2.02. The summed E-state index contributed by atoms with van der Waals surface area (Å²) in [4.78, 5) is 0. The Bertz CT molecular complexity index is 361. The first-order chi connectivity index (χ1) is 8.20. The lowest BCUT2D eigenvalue weighted by molar-refractivity contribution is -0.0617. The van der Waals surface area contributed by atoms with Gasteiger partial charge in [0.2, 0.25) is 0 Å². The van der Waals surface area contributed by atoms with Crippen LogP contribution >= 0.6 is 0 Å². The minimum Gasteiger partial charge on any atom is -0.508 e. The van der Waals surface area contributed by atoms with E-state index >= 15 is 0 Å². The molecule has 1 saturated heterocycles.